The average molecular weight is 553 g/mol. The molecule has 226 valence electrons. The van der Waals surface area contributed by atoms with Gasteiger partial charge in [0.25, 0.3) is 11.8 Å². The highest BCUT2D eigenvalue weighted by molar-refractivity contribution is 5.92. The number of unbranched alkanes of at least 4 members (excludes halogenated alkanes) is 18. The molecule has 0 aromatic heterocycles. The first-order chi connectivity index (χ1) is 19.0. The van der Waals surface area contributed by atoms with Crippen molar-refractivity contribution in [2.24, 2.45) is 0 Å². The van der Waals surface area contributed by atoms with Gasteiger partial charge < -0.3 is 10.6 Å². The van der Waals surface area contributed by atoms with Gasteiger partial charge in [0.2, 0.25) is 0 Å². The number of rotatable bonds is 24. The van der Waals surface area contributed by atoms with Gasteiger partial charge in [-0.15, -0.1) is 0 Å². The van der Waals surface area contributed by atoms with Crippen molar-refractivity contribution < 1.29 is 18.4 Å². The third-order valence-electron chi connectivity index (χ3n) is 7.80. The first kappa shape index (κ1) is 35.3. The molecular weight excluding hydrogens is 494 g/mol. The summed E-state index contributed by atoms with van der Waals surface area (Å²) in [7, 11) is 0. The number of hydrogen-bond acceptors (Lipinski definition) is 2. The molecule has 6 heteroatoms. The molecule has 2 N–H and O–H groups in total. The molecule has 0 bridgehead atoms. The Morgan fingerprint density at radius 1 is 0.564 bits per heavy atom. The molecule has 0 aromatic rings. The lowest BCUT2D eigenvalue weighted by molar-refractivity contribution is -0.119. The van der Waals surface area contributed by atoms with Crippen molar-refractivity contribution in [2.75, 3.05) is 0 Å². The smallest absolute Gasteiger partial charge is 0.279 e. The van der Waals surface area contributed by atoms with Crippen molar-refractivity contribution in [3.05, 3.63) is 23.8 Å². The van der Waals surface area contributed by atoms with Crippen molar-refractivity contribution in [3.8, 4) is 0 Å². The molecule has 1 saturated carbocycles. The number of nitrogens with one attached hydrogen (secondary N) is 2. The monoisotopic (exact) mass is 552 g/mol. The van der Waals surface area contributed by atoms with Crippen LogP contribution in [0.1, 0.15) is 162 Å². The van der Waals surface area contributed by atoms with Crippen molar-refractivity contribution in [2.45, 2.75) is 174 Å². The first-order valence-corrected chi connectivity index (χ1v) is 16.3. The van der Waals surface area contributed by atoms with Gasteiger partial charge >= 0.3 is 0 Å². The molecule has 0 aromatic carbocycles. The van der Waals surface area contributed by atoms with Crippen LogP contribution in [0.25, 0.3) is 0 Å². The lowest BCUT2D eigenvalue weighted by atomic mass is 10.1. The maximum absolute atomic E-state index is 14.2. The SMILES string of the molecule is CCCCCCCCCCC/C=C(\F)C(=O)N[C@@H]1CC[C@H](NC(=O)/C(F)=C\CCCCCCCCCCC)C1. The molecule has 0 spiro atoms. The molecule has 0 radical (unpaired) electrons. The molecule has 0 aliphatic heterocycles. The summed E-state index contributed by atoms with van der Waals surface area (Å²) in [6, 6.07) is -0.410. The molecule has 0 saturated heterocycles. The Balaban J connectivity index is 2.13. The number of hydrogen-bond donors (Lipinski definition) is 2. The van der Waals surface area contributed by atoms with Gasteiger partial charge in [0, 0.05) is 12.1 Å². The van der Waals surface area contributed by atoms with Crippen molar-refractivity contribution in [1.82, 2.24) is 10.6 Å². The predicted molar refractivity (Wildman–Crippen MR) is 160 cm³/mol. The van der Waals surface area contributed by atoms with Gasteiger partial charge in [-0.1, -0.05) is 117 Å². The predicted octanol–water partition coefficient (Wildman–Crippen LogP) is 9.69. The van der Waals surface area contributed by atoms with Crippen LogP contribution < -0.4 is 10.6 Å². The van der Waals surface area contributed by atoms with Crippen LogP contribution in [0, 0.1) is 0 Å². The largest absolute Gasteiger partial charge is 0.347 e. The maximum Gasteiger partial charge on any atom is 0.279 e. The van der Waals surface area contributed by atoms with Crippen molar-refractivity contribution in [3.63, 3.8) is 0 Å². The number of carbonyl (C=O) groups is 2. The fourth-order valence-electron chi connectivity index (χ4n) is 5.31. The molecule has 39 heavy (non-hydrogen) atoms. The van der Waals surface area contributed by atoms with Crippen LogP contribution in [0.5, 0.6) is 0 Å². The van der Waals surface area contributed by atoms with Crippen molar-refractivity contribution in [1.29, 1.82) is 0 Å². The summed E-state index contributed by atoms with van der Waals surface area (Å²) < 4.78 is 28.4. The number of allylic oxidation sites excluding steroid dienone is 2. The van der Waals surface area contributed by atoms with E-state index in [2.05, 4.69) is 24.5 Å². The highest BCUT2D eigenvalue weighted by Gasteiger charge is 2.28. The van der Waals surface area contributed by atoms with E-state index in [1.807, 2.05) is 0 Å². The Kier molecular flexibility index (Phi) is 21.8. The van der Waals surface area contributed by atoms with Crippen LogP contribution in [-0.2, 0) is 9.59 Å². The van der Waals surface area contributed by atoms with Crippen LogP contribution >= 0.6 is 0 Å². The summed E-state index contributed by atoms with van der Waals surface area (Å²) in [6.45, 7) is 4.44. The second-order valence-corrected chi connectivity index (χ2v) is 11.5. The molecule has 4 nitrogen and oxygen atoms in total. The average Bonchev–Trinajstić information content (AvgIpc) is 3.36. The highest BCUT2D eigenvalue weighted by atomic mass is 19.1. The summed E-state index contributed by atoms with van der Waals surface area (Å²) in [5.41, 5.74) is 0. The fourth-order valence-corrected chi connectivity index (χ4v) is 5.31. The Morgan fingerprint density at radius 3 is 1.21 bits per heavy atom. The zero-order chi connectivity index (χ0) is 28.6. The van der Waals surface area contributed by atoms with Gasteiger partial charge in [0.15, 0.2) is 11.7 Å². The number of amides is 2. The molecule has 1 rings (SSSR count). The molecule has 1 fully saturated rings. The zero-order valence-corrected chi connectivity index (χ0v) is 25.1. The zero-order valence-electron chi connectivity index (χ0n) is 25.1. The van der Waals surface area contributed by atoms with Gasteiger partial charge in [-0.2, -0.15) is 0 Å². The van der Waals surface area contributed by atoms with Gasteiger partial charge in [-0.25, -0.2) is 8.78 Å². The summed E-state index contributed by atoms with van der Waals surface area (Å²) in [5, 5.41) is 5.45. The van der Waals surface area contributed by atoms with E-state index in [0.29, 0.717) is 32.1 Å². The lowest BCUT2D eigenvalue weighted by Gasteiger charge is -2.14. The molecule has 0 heterocycles. The normalized spacial score (nSPS) is 17.9. The second-order valence-electron chi connectivity index (χ2n) is 11.5. The van der Waals surface area contributed by atoms with Crippen LogP contribution in [0.3, 0.4) is 0 Å². The number of halogens is 2. The Morgan fingerprint density at radius 2 is 0.872 bits per heavy atom. The van der Waals surface area contributed by atoms with E-state index < -0.39 is 23.5 Å². The molecular formula is C33H58F2N2O2. The van der Waals surface area contributed by atoms with E-state index in [9.17, 15) is 18.4 Å². The second kappa shape index (κ2) is 24.1. The van der Waals surface area contributed by atoms with E-state index in [1.54, 1.807) is 0 Å². The minimum Gasteiger partial charge on any atom is -0.347 e. The van der Waals surface area contributed by atoms with Crippen molar-refractivity contribution >= 4 is 11.8 Å². The number of carbonyl (C=O) groups excluding carboxylic acids is 2. The third kappa shape index (κ3) is 19.1. The summed E-state index contributed by atoms with van der Waals surface area (Å²) in [4.78, 5) is 24.4. The van der Waals surface area contributed by atoms with Crippen LogP contribution in [-0.4, -0.2) is 23.9 Å². The summed E-state index contributed by atoms with van der Waals surface area (Å²) in [6.07, 6.45) is 27.4. The van der Waals surface area contributed by atoms with E-state index in [1.165, 1.54) is 89.2 Å². The molecule has 0 unspecified atom stereocenters. The van der Waals surface area contributed by atoms with Crippen LogP contribution in [0.15, 0.2) is 23.8 Å². The maximum atomic E-state index is 14.2. The van der Waals surface area contributed by atoms with Gasteiger partial charge in [0.1, 0.15) is 0 Å². The van der Waals surface area contributed by atoms with Crippen LogP contribution in [0.2, 0.25) is 0 Å². The minimum atomic E-state index is -0.729. The van der Waals surface area contributed by atoms with E-state index >= 15 is 0 Å². The Labute approximate surface area is 238 Å². The standard InChI is InChI=1S/C33H58F2N2O2/c1-3-5-7-9-11-13-15-17-19-21-23-30(34)32(38)36-28-25-26-29(27-28)37-33(39)31(35)24-22-20-18-16-14-12-10-8-6-4-2/h23-24,28-29H,3-22,25-27H2,1-2H3,(H,36,38)(H,37,39)/b30-23-,31-24+/t28-,29+/m1/s1. The quantitative estimate of drug-likeness (QED) is 0.0925. The van der Waals surface area contributed by atoms with Crippen LogP contribution in [0.4, 0.5) is 8.78 Å². The molecule has 1 aliphatic carbocycles. The molecule has 2 amide bonds. The highest BCUT2D eigenvalue weighted by Crippen LogP contribution is 2.21. The van der Waals surface area contributed by atoms with Gasteiger partial charge in [-0.3, -0.25) is 9.59 Å². The molecule has 2 atom stereocenters. The van der Waals surface area contributed by atoms with Gasteiger partial charge in [0.05, 0.1) is 0 Å². The Hall–Kier alpha value is -1.72. The summed E-state index contributed by atoms with van der Waals surface area (Å²) in [5.74, 6) is -2.83. The lowest BCUT2D eigenvalue weighted by Crippen LogP contribution is -2.37. The fraction of sp³-hybridized carbons (Fsp3) is 0.818. The third-order valence-corrected chi connectivity index (χ3v) is 7.80. The summed E-state index contributed by atoms with van der Waals surface area (Å²) >= 11 is 0. The van der Waals surface area contributed by atoms with E-state index in [-0.39, 0.29) is 12.1 Å². The first-order valence-electron chi connectivity index (χ1n) is 16.3. The van der Waals surface area contributed by atoms with E-state index in [4.69, 9.17) is 0 Å². The topological polar surface area (TPSA) is 58.2 Å². The Bertz CT molecular complexity index is 650. The molecule has 1 aliphatic rings. The van der Waals surface area contributed by atoms with E-state index in [0.717, 1.165) is 38.5 Å². The minimum absolute atomic E-state index is 0.205. The van der Waals surface area contributed by atoms with Gasteiger partial charge in [-0.05, 0) is 57.1 Å².